The van der Waals surface area contributed by atoms with E-state index in [2.05, 4.69) is 0 Å². The lowest BCUT2D eigenvalue weighted by molar-refractivity contribution is -0.399. The number of nitro benzene ring substituents is 2. The van der Waals surface area contributed by atoms with Crippen molar-refractivity contribution in [3.63, 3.8) is 0 Å². The predicted molar refractivity (Wildman–Crippen MR) is 49.7 cm³/mol. The van der Waals surface area contributed by atoms with Gasteiger partial charge in [-0.15, -0.1) is 0 Å². The van der Waals surface area contributed by atoms with Gasteiger partial charge in [-0.2, -0.15) is 4.39 Å². The van der Waals surface area contributed by atoms with Crippen LogP contribution in [0.2, 0.25) is 10.0 Å². The standard InChI is InChI=1S/C6HCl2FN2O4/c7-2-1-3(8)6(11(14)15)4(9)5(2)10(12)13/h1H. The summed E-state index contributed by atoms with van der Waals surface area (Å²) in [5.41, 5.74) is -2.32. The number of nitro groups is 2. The molecule has 0 aliphatic rings. The largest absolute Gasteiger partial charge is 0.330 e. The van der Waals surface area contributed by atoms with Gasteiger partial charge < -0.3 is 0 Å². The van der Waals surface area contributed by atoms with Gasteiger partial charge in [-0.3, -0.25) is 20.2 Å². The van der Waals surface area contributed by atoms with Crippen LogP contribution in [0.5, 0.6) is 0 Å². The molecule has 1 aromatic rings. The van der Waals surface area contributed by atoms with Crippen LogP contribution in [0.25, 0.3) is 0 Å². The van der Waals surface area contributed by atoms with Crippen molar-refractivity contribution < 1.29 is 14.2 Å². The second-order valence-corrected chi connectivity index (χ2v) is 3.18. The Kier molecular flexibility index (Phi) is 3.06. The van der Waals surface area contributed by atoms with Crippen LogP contribution < -0.4 is 0 Å². The lowest BCUT2D eigenvalue weighted by Gasteiger charge is -1.99. The molecule has 0 saturated heterocycles. The molecule has 0 saturated carbocycles. The van der Waals surface area contributed by atoms with E-state index in [-0.39, 0.29) is 0 Å². The molecule has 1 aromatic carbocycles. The van der Waals surface area contributed by atoms with Crippen LogP contribution in [0, 0.1) is 26.0 Å². The summed E-state index contributed by atoms with van der Waals surface area (Å²) in [7, 11) is 0. The Balaban J connectivity index is 3.64. The highest BCUT2D eigenvalue weighted by molar-refractivity contribution is 6.37. The Labute approximate surface area is 91.5 Å². The normalized spacial score (nSPS) is 10.1. The molecule has 6 nitrogen and oxygen atoms in total. The van der Waals surface area contributed by atoms with Crippen molar-refractivity contribution in [1.82, 2.24) is 0 Å². The van der Waals surface area contributed by atoms with E-state index in [0.717, 1.165) is 6.07 Å². The molecule has 0 spiro atoms. The number of rotatable bonds is 2. The first-order chi connectivity index (χ1) is 6.86. The average Bonchev–Trinajstić information content (AvgIpc) is 1.99. The van der Waals surface area contributed by atoms with Crippen molar-refractivity contribution in [3.8, 4) is 0 Å². The van der Waals surface area contributed by atoms with Crippen molar-refractivity contribution in [2.75, 3.05) is 0 Å². The van der Waals surface area contributed by atoms with E-state index in [1.807, 2.05) is 0 Å². The second-order valence-electron chi connectivity index (χ2n) is 2.37. The van der Waals surface area contributed by atoms with E-state index < -0.39 is 37.1 Å². The fourth-order valence-corrected chi connectivity index (χ4v) is 1.48. The first-order valence-corrected chi connectivity index (χ1v) is 4.08. The molecule has 0 bridgehead atoms. The Hall–Kier alpha value is -1.47. The smallest absolute Gasteiger partial charge is 0.258 e. The fourth-order valence-electron chi connectivity index (χ4n) is 0.905. The molecule has 1 rings (SSSR count). The third-order valence-corrected chi connectivity index (χ3v) is 2.06. The Morgan fingerprint density at radius 3 is 1.67 bits per heavy atom. The zero-order valence-electron chi connectivity index (χ0n) is 6.74. The van der Waals surface area contributed by atoms with Crippen molar-refractivity contribution in [2.24, 2.45) is 0 Å². The van der Waals surface area contributed by atoms with E-state index in [4.69, 9.17) is 23.2 Å². The van der Waals surface area contributed by atoms with Gasteiger partial charge in [-0.05, 0) is 6.07 Å². The molecule has 0 aromatic heterocycles. The average molecular weight is 255 g/mol. The van der Waals surface area contributed by atoms with Crippen LogP contribution in [-0.4, -0.2) is 9.85 Å². The summed E-state index contributed by atoms with van der Waals surface area (Å²) in [5, 5.41) is 19.5. The molecule has 0 aliphatic carbocycles. The molecule has 0 unspecified atom stereocenters. The van der Waals surface area contributed by atoms with Gasteiger partial charge in [0.05, 0.1) is 9.85 Å². The number of halogens is 3. The minimum atomic E-state index is -1.65. The highest BCUT2D eigenvalue weighted by Gasteiger charge is 2.32. The lowest BCUT2D eigenvalue weighted by atomic mass is 10.2. The number of benzene rings is 1. The molecule has 9 heteroatoms. The summed E-state index contributed by atoms with van der Waals surface area (Å²) in [6.45, 7) is 0. The Morgan fingerprint density at radius 2 is 1.40 bits per heavy atom. The topological polar surface area (TPSA) is 86.3 Å². The quantitative estimate of drug-likeness (QED) is 0.600. The Morgan fingerprint density at radius 1 is 1.07 bits per heavy atom. The van der Waals surface area contributed by atoms with Gasteiger partial charge >= 0.3 is 11.4 Å². The fraction of sp³-hybridized carbons (Fsp3) is 0. The van der Waals surface area contributed by atoms with Crippen LogP contribution in [0.15, 0.2) is 6.07 Å². The molecule has 80 valence electrons. The zero-order chi connectivity index (χ0) is 11.7. The van der Waals surface area contributed by atoms with Crippen molar-refractivity contribution in [2.45, 2.75) is 0 Å². The van der Waals surface area contributed by atoms with Crippen LogP contribution in [0.3, 0.4) is 0 Å². The lowest BCUT2D eigenvalue weighted by Crippen LogP contribution is -2.00. The van der Waals surface area contributed by atoms with Gasteiger partial charge in [0.1, 0.15) is 10.0 Å². The zero-order valence-corrected chi connectivity index (χ0v) is 8.25. The molecule has 15 heavy (non-hydrogen) atoms. The highest BCUT2D eigenvalue weighted by Crippen LogP contribution is 2.38. The van der Waals surface area contributed by atoms with Crippen LogP contribution in [-0.2, 0) is 0 Å². The molecule has 0 N–H and O–H groups in total. The molecule has 0 aliphatic heterocycles. The highest BCUT2D eigenvalue weighted by atomic mass is 35.5. The Bertz CT molecular complexity index is 427. The van der Waals surface area contributed by atoms with E-state index in [1.54, 1.807) is 0 Å². The third-order valence-electron chi connectivity index (χ3n) is 1.49. The number of hydrogen-bond donors (Lipinski definition) is 0. The SMILES string of the molecule is O=[N+]([O-])c1c(Cl)cc(Cl)c([N+](=O)[O-])c1F. The van der Waals surface area contributed by atoms with Gasteiger partial charge in [-0.1, -0.05) is 23.2 Å². The van der Waals surface area contributed by atoms with Crippen molar-refractivity contribution in [1.29, 1.82) is 0 Å². The number of hydrogen-bond acceptors (Lipinski definition) is 4. The van der Waals surface area contributed by atoms with Gasteiger partial charge in [0.15, 0.2) is 0 Å². The van der Waals surface area contributed by atoms with E-state index in [0.29, 0.717) is 0 Å². The van der Waals surface area contributed by atoms with Gasteiger partial charge in [0.25, 0.3) is 5.82 Å². The van der Waals surface area contributed by atoms with E-state index in [1.165, 1.54) is 0 Å². The summed E-state index contributed by atoms with van der Waals surface area (Å²) in [6.07, 6.45) is 0. The first-order valence-electron chi connectivity index (χ1n) is 3.32. The second kappa shape index (κ2) is 3.95. The molecule has 0 amide bonds. The molecule has 0 radical (unpaired) electrons. The molecular formula is C6HCl2FN2O4. The van der Waals surface area contributed by atoms with Gasteiger partial charge in [0, 0.05) is 0 Å². The summed E-state index contributed by atoms with van der Waals surface area (Å²) < 4.78 is 13.2. The summed E-state index contributed by atoms with van der Waals surface area (Å²) in [6, 6.07) is 0.752. The summed E-state index contributed by atoms with van der Waals surface area (Å²) in [4.78, 5) is 18.4. The van der Waals surface area contributed by atoms with Crippen LogP contribution >= 0.6 is 23.2 Å². The van der Waals surface area contributed by atoms with E-state index >= 15 is 0 Å². The predicted octanol–water partition coefficient (Wildman–Crippen LogP) is 2.95. The third kappa shape index (κ3) is 1.97. The minimum Gasteiger partial charge on any atom is -0.258 e. The monoisotopic (exact) mass is 254 g/mol. The van der Waals surface area contributed by atoms with Gasteiger partial charge in [0.2, 0.25) is 0 Å². The van der Waals surface area contributed by atoms with Crippen LogP contribution in [0.1, 0.15) is 0 Å². The van der Waals surface area contributed by atoms with Crippen molar-refractivity contribution >= 4 is 34.6 Å². The molecule has 0 heterocycles. The van der Waals surface area contributed by atoms with Gasteiger partial charge in [-0.25, -0.2) is 0 Å². The van der Waals surface area contributed by atoms with E-state index in [9.17, 15) is 24.6 Å². The summed E-state index contributed by atoms with van der Waals surface area (Å²) in [5.74, 6) is -1.65. The maximum atomic E-state index is 13.2. The van der Waals surface area contributed by atoms with Crippen molar-refractivity contribution in [3.05, 3.63) is 42.2 Å². The maximum absolute atomic E-state index is 13.2. The van der Waals surface area contributed by atoms with Crippen LogP contribution in [0.4, 0.5) is 15.8 Å². The summed E-state index contributed by atoms with van der Waals surface area (Å²) >= 11 is 10.6. The first kappa shape index (κ1) is 11.6. The number of nitrogens with zero attached hydrogens (tertiary/aromatic N) is 2. The molecule has 0 fully saturated rings. The molecule has 0 atom stereocenters. The maximum Gasteiger partial charge on any atom is 0.330 e. The minimum absolute atomic E-state index is 0.590. The molecular weight excluding hydrogens is 254 g/mol.